The minimum absolute atomic E-state index is 0.579. The van der Waals surface area contributed by atoms with Crippen LogP contribution in [0.25, 0.3) is 0 Å². The van der Waals surface area contributed by atoms with Gasteiger partial charge in [0.1, 0.15) is 0 Å². The lowest BCUT2D eigenvalue weighted by molar-refractivity contribution is 0.0546. The van der Waals surface area contributed by atoms with E-state index in [1.54, 1.807) is 0 Å². The van der Waals surface area contributed by atoms with Crippen LogP contribution in [0.1, 0.15) is 33.6 Å². The van der Waals surface area contributed by atoms with E-state index in [-0.39, 0.29) is 0 Å². The van der Waals surface area contributed by atoms with Crippen molar-refractivity contribution in [2.75, 3.05) is 13.1 Å². The molecule has 2 bridgehead atoms. The van der Waals surface area contributed by atoms with Crippen molar-refractivity contribution in [2.45, 2.75) is 33.6 Å². The topological polar surface area (TPSA) is 12.0 Å². The van der Waals surface area contributed by atoms with Crippen LogP contribution >= 0.6 is 0 Å². The highest BCUT2D eigenvalue weighted by Gasteiger charge is 2.53. The molecule has 0 amide bonds. The Labute approximate surface area is 69.6 Å². The van der Waals surface area contributed by atoms with Crippen molar-refractivity contribution in [3.8, 4) is 0 Å². The van der Waals surface area contributed by atoms with E-state index in [1.807, 2.05) is 0 Å². The third-order valence-corrected chi connectivity index (χ3v) is 4.53. The third kappa shape index (κ3) is 0.807. The maximum Gasteiger partial charge on any atom is 0.00105 e. The van der Waals surface area contributed by atoms with Gasteiger partial charge in [-0.2, -0.15) is 0 Å². The molecule has 1 heteroatoms. The van der Waals surface area contributed by atoms with Gasteiger partial charge in [0, 0.05) is 6.54 Å². The van der Waals surface area contributed by atoms with Gasteiger partial charge in [-0.25, -0.2) is 0 Å². The Morgan fingerprint density at radius 3 is 2.55 bits per heavy atom. The molecule has 1 saturated carbocycles. The second kappa shape index (κ2) is 2.01. The van der Waals surface area contributed by atoms with Gasteiger partial charge in [0.2, 0.25) is 0 Å². The number of fused-ring (bicyclic) bond motifs is 2. The van der Waals surface area contributed by atoms with Gasteiger partial charge in [0.15, 0.2) is 0 Å². The first-order chi connectivity index (χ1) is 5.06. The molecule has 1 aliphatic heterocycles. The molecule has 1 heterocycles. The maximum atomic E-state index is 3.54. The van der Waals surface area contributed by atoms with Crippen LogP contribution < -0.4 is 5.32 Å². The summed E-state index contributed by atoms with van der Waals surface area (Å²) in [5.41, 5.74) is 1.16. The normalized spacial score (nSPS) is 47.7. The molecule has 0 aromatic carbocycles. The van der Waals surface area contributed by atoms with Gasteiger partial charge >= 0.3 is 0 Å². The van der Waals surface area contributed by atoms with Crippen LogP contribution in [0.5, 0.6) is 0 Å². The Kier molecular flexibility index (Phi) is 1.39. The Bertz CT molecular complexity index is 167. The second-order valence-corrected chi connectivity index (χ2v) is 5.15. The van der Waals surface area contributed by atoms with Crippen molar-refractivity contribution in [1.29, 1.82) is 0 Å². The molecule has 1 N–H and O–H groups in total. The molecule has 1 nitrogen and oxygen atoms in total. The van der Waals surface area contributed by atoms with Gasteiger partial charge < -0.3 is 5.32 Å². The number of nitrogens with one attached hydrogen (secondary N) is 1. The molecule has 1 saturated heterocycles. The van der Waals surface area contributed by atoms with E-state index in [9.17, 15) is 0 Å². The fourth-order valence-electron chi connectivity index (χ4n) is 2.86. The summed E-state index contributed by atoms with van der Waals surface area (Å²) in [6.07, 6.45) is 2.87. The Morgan fingerprint density at radius 1 is 1.27 bits per heavy atom. The van der Waals surface area contributed by atoms with Crippen LogP contribution in [0.3, 0.4) is 0 Å². The molecule has 2 atom stereocenters. The molecular weight excluding hydrogens is 134 g/mol. The van der Waals surface area contributed by atoms with Crippen molar-refractivity contribution in [3.05, 3.63) is 0 Å². The standard InChI is InChI=1S/C10H19N/c1-9(2)8-4-5-10(9,3)7-11-6-8/h8,11H,4-7H2,1-3H3. The molecule has 64 valence electrons. The first-order valence-corrected chi connectivity index (χ1v) is 4.77. The van der Waals surface area contributed by atoms with Gasteiger partial charge in [0.25, 0.3) is 0 Å². The van der Waals surface area contributed by atoms with Crippen molar-refractivity contribution < 1.29 is 0 Å². The lowest BCUT2D eigenvalue weighted by atomic mass is 9.64. The van der Waals surface area contributed by atoms with Gasteiger partial charge in [-0.3, -0.25) is 0 Å². The van der Waals surface area contributed by atoms with E-state index in [1.165, 1.54) is 25.9 Å². The predicted molar refractivity (Wildman–Crippen MR) is 47.5 cm³/mol. The summed E-state index contributed by atoms with van der Waals surface area (Å²) in [7, 11) is 0. The fourth-order valence-corrected chi connectivity index (χ4v) is 2.86. The molecule has 0 aromatic heterocycles. The monoisotopic (exact) mass is 153 g/mol. The van der Waals surface area contributed by atoms with E-state index in [2.05, 4.69) is 26.1 Å². The minimum atomic E-state index is 0.579. The Balaban J connectivity index is 2.33. The number of hydrogen-bond donors (Lipinski definition) is 1. The lowest BCUT2D eigenvalue weighted by Gasteiger charge is -2.46. The molecular formula is C10H19N. The summed E-state index contributed by atoms with van der Waals surface area (Å²) in [4.78, 5) is 0. The van der Waals surface area contributed by atoms with Gasteiger partial charge in [-0.05, 0) is 36.1 Å². The molecule has 0 aromatic rings. The third-order valence-electron chi connectivity index (χ3n) is 4.53. The van der Waals surface area contributed by atoms with Crippen LogP contribution in [0.15, 0.2) is 0 Å². The van der Waals surface area contributed by atoms with Crippen LogP contribution in [0.2, 0.25) is 0 Å². The highest BCUT2D eigenvalue weighted by Crippen LogP contribution is 2.57. The average molecular weight is 153 g/mol. The van der Waals surface area contributed by atoms with Crippen molar-refractivity contribution in [3.63, 3.8) is 0 Å². The molecule has 1 aliphatic carbocycles. The summed E-state index contributed by atoms with van der Waals surface area (Å²) in [5.74, 6) is 0.932. The van der Waals surface area contributed by atoms with Crippen LogP contribution in [-0.2, 0) is 0 Å². The first kappa shape index (κ1) is 7.60. The lowest BCUT2D eigenvalue weighted by Crippen LogP contribution is -2.49. The summed E-state index contributed by atoms with van der Waals surface area (Å²) < 4.78 is 0. The summed E-state index contributed by atoms with van der Waals surface area (Å²) in [5, 5.41) is 3.54. The van der Waals surface area contributed by atoms with E-state index in [0.29, 0.717) is 10.8 Å². The molecule has 2 rings (SSSR count). The molecule has 2 fully saturated rings. The molecule has 2 unspecified atom stereocenters. The zero-order valence-electron chi connectivity index (χ0n) is 7.91. The molecule has 0 radical (unpaired) electrons. The predicted octanol–water partition coefficient (Wildman–Crippen LogP) is 2.03. The summed E-state index contributed by atoms with van der Waals surface area (Å²) >= 11 is 0. The van der Waals surface area contributed by atoms with E-state index < -0.39 is 0 Å². The van der Waals surface area contributed by atoms with Crippen molar-refractivity contribution >= 4 is 0 Å². The quantitative estimate of drug-likeness (QED) is 0.561. The van der Waals surface area contributed by atoms with E-state index in [4.69, 9.17) is 0 Å². The smallest absolute Gasteiger partial charge is 0.00105 e. The largest absolute Gasteiger partial charge is 0.316 e. The van der Waals surface area contributed by atoms with Crippen LogP contribution in [-0.4, -0.2) is 13.1 Å². The van der Waals surface area contributed by atoms with Crippen LogP contribution in [0.4, 0.5) is 0 Å². The average Bonchev–Trinajstić information content (AvgIpc) is 2.17. The zero-order chi connectivity index (χ0) is 8.11. The highest BCUT2D eigenvalue weighted by atomic mass is 14.9. The first-order valence-electron chi connectivity index (χ1n) is 4.77. The van der Waals surface area contributed by atoms with Crippen molar-refractivity contribution in [1.82, 2.24) is 5.32 Å². The van der Waals surface area contributed by atoms with Crippen LogP contribution in [0, 0.1) is 16.7 Å². The second-order valence-electron chi connectivity index (χ2n) is 5.15. The van der Waals surface area contributed by atoms with Crippen molar-refractivity contribution in [2.24, 2.45) is 16.7 Å². The number of hydrogen-bond acceptors (Lipinski definition) is 1. The molecule has 2 aliphatic rings. The van der Waals surface area contributed by atoms with Gasteiger partial charge in [-0.15, -0.1) is 0 Å². The zero-order valence-corrected chi connectivity index (χ0v) is 7.91. The minimum Gasteiger partial charge on any atom is -0.316 e. The highest BCUT2D eigenvalue weighted by molar-refractivity contribution is 5.04. The van der Waals surface area contributed by atoms with Gasteiger partial charge in [0.05, 0.1) is 0 Å². The summed E-state index contributed by atoms with van der Waals surface area (Å²) in [6.45, 7) is 9.83. The van der Waals surface area contributed by atoms with E-state index in [0.717, 1.165) is 5.92 Å². The Hall–Kier alpha value is -0.0400. The fraction of sp³-hybridized carbons (Fsp3) is 1.00. The number of rotatable bonds is 0. The molecule has 0 spiro atoms. The Morgan fingerprint density at radius 2 is 2.00 bits per heavy atom. The van der Waals surface area contributed by atoms with E-state index >= 15 is 0 Å². The SMILES string of the molecule is CC12CCC(CNC1)C2(C)C. The summed E-state index contributed by atoms with van der Waals surface area (Å²) in [6, 6.07) is 0. The molecule has 11 heavy (non-hydrogen) atoms. The maximum absolute atomic E-state index is 3.54. The van der Waals surface area contributed by atoms with Gasteiger partial charge in [-0.1, -0.05) is 20.8 Å². The number of piperidine rings is 1.